The Morgan fingerprint density at radius 2 is 1.38 bits per heavy atom. The third kappa shape index (κ3) is 5.50. The summed E-state index contributed by atoms with van der Waals surface area (Å²) in [5, 5.41) is 0. The van der Waals surface area contributed by atoms with Crippen molar-refractivity contribution in [3.63, 3.8) is 0 Å². The van der Waals surface area contributed by atoms with Gasteiger partial charge in [-0.05, 0) is 42.2 Å². The first-order chi connectivity index (χ1) is 18.0. The number of carbonyl (C=O) groups excluding carboxylic acids is 1. The highest BCUT2D eigenvalue weighted by atomic mass is 16.6. The fourth-order valence-corrected chi connectivity index (χ4v) is 4.91. The van der Waals surface area contributed by atoms with Crippen LogP contribution in [-0.2, 0) is 16.1 Å². The van der Waals surface area contributed by atoms with Crippen molar-refractivity contribution in [2.75, 3.05) is 0 Å². The van der Waals surface area contributed by atoms with Crippen LogP contribution >= 0.6 is 0 Å². The fraction of sp³-hybridized carbons (Fsp3) is 0.182. The largest absolute Gasteiger partial charge is 0.441 e. The molecule has 1 fully saturated rings. The predicted molar refractivity (Wildman–Crippen MR) is 146 cm³/mol. The van der Waals surface area contributed by atoms with Crippen LogP contribution in [0.2, 0.25) is 0 Å². The van der Waals surface area contributed by atoms with Gasteiger partial charge in [-0.25, -0.2) is 4.79 Å². The van der Waals surface area contributed by atoms with Crippen LogP contribution in [0, 0.1) is 0 Å². The van der Waals surface area contributed by atoms with Gasteiger partial charge in [0.15, 0.2) is 0 Å². The van der Waals surface area contributed by atoms with Gasteiger partial charge < -0.3 is 9.47 Å². The predicted octanol–water partition coefficient (Wildman–Crippen LogP) is 7.96. The number of nitrogens with zero attached hydrogens (tertiary/aromatic N) is 1. The molecule has 4 heteroatoms. The molecule has 0 aliphatic carbocycles. The average molecular weight is 490 g/mol. The summed E-state index contributed by atoms with van der Waals surface area (Å²) in [6, 6.07) is 39.9. The molecule has 5 rings (SSSR count). The van der Waals surface area contributed by atoms with Crippen molar-refractivity contribution in [3.05, 3.63) is 149 Å². The lowest BCUT2D eigenvalue weighted by atomic mass is 9.90. The molecule has 1 amide bonds. The second-order valence-electron chi connectivity index (χ2n) is 9.72. The quantitative estimate of drug-likeness (QED) is 0.252. The summed E-state index contributed by atoms with van der Waals surface area (Å²) in [5.74, 6) is 0. The van der Waals surface area contributed by atoms with E-state index in [0.717, 1.165) is 28.0 Å². The zero-order chi connectivity index (χ0) is 25.7. The molecule has 4 aromatic carbocycles. The maximum Gasteiger partial charge on any atom is 0.415 e. The SMILES string of the molecule is CC1(C)OC(=O)N(/C(=C\c2ccccc2)[C@H](OCc2ccccc2)c2ccccc2)[C@H]1c1ccccc1. The molecule has 4 aromatic rings. The van der Waals surface area contributed by atoms with Gasteiger partial charge in [0.05, 0.1) is 12.3 Å². The van der Waals surface area contributed by atoms with Gasteiger partial charge in [0.25, 0.3) is 0 Å². The van der Waals surface area contributed by atoms with E-state index >= 15 is 0 Å². The molecule has 1 heterocycles. The monoisotopic (exact) mass is 489 g/mol. The lowest BCUT2D eigenvalue weighted by Crippen LogP contribution is -2.35. The van der Waals surface area contributed by atoms with Crippen molar-refractivity contribution in [2.45, 2.75) is 38.2 Å². The second-order valence-corrected chi connectivity index (χ2v) is 9.72. The first-order valence-electron chi connectivity index (χ1n) is 12.6. The van der Waals surface area contributed by atoms with Crippen LogP contribution in [-0.4, -0.2) is 16.6 Å². The summed E-state index contributed by atoms with van der Waals surface area (Å²) >= 11 is 0. The average Bonchev–Trinajstić information content (AvgIpc) is 3.18. The van der Waals surface area contributed by atoms with E-state index in [1.54, 1.807) is 4.90 Å². The van der Waals surface area contributed by atoms with E-state index in [1.165, 1.54) is 0 Å². The zero-order valence-corrected chi connectivity index (χ0v) is 21.2. The van der Waals surface area contributed by atoms with Gasteiger partial charge in [-0.15, -0.1) is 0 Å². The van der Waals surface area contributed by atoms with E-state index in [9.17, 15) is 4.79 Å². The highest BCUT2D eigenvalue weighted by Gasteiger charge is 2.51. The highest BCUT2D eigenvalue weighted by molar-refractivity contribution is 5.77. The number of hydrogen-bond acceptors (Lipinski definition) is 3. The molecule has 4 nitrogen and oxygen atoms in total. The second kappa shape index (κ2) is 10.9. The molecule has 186 valence electrons. The van der Waals surface area contributed by atoms with Gasteiger partial charge >= 0.3 is 6.09 Å². The van der Waals surface area contributed by atoms with Crippen LogP contribution in [0.4, 0.5) is 4.79 Å². The molecule has 37 heavy (non-hydrogen) atoms. The van der Waals surface area contributed by atoms with Crippen LogP contribution in [0.25, 0.3) is 6.08 Å². The first kappa shape index (κ1) is 24.5. The summed E-state index contributed by atoms with van der Waals surface area (Å²) in [6.45, 7) is 4.32. The molecule has 0 aromatic heterocycles. The molecule has 1 aliphatic rings. The Kier molecular flexibility index (Phi) is 7.20. The number of cyclic esters (lactones) is 1. The number of amides is 1. The van der Waals surface area contributed by atoms with Crippen molar-refractivity contribution in [3.8, 4) is 0 Å². The van der Waals surface area contributed by atoms with Crippen LogP contribution in [0.5, 0.6) is 0 Å². The van der Waals surface area contributed by atoms with E-state index in [2.05, 4.69) is 0 Å². The van der Waals surface area contributed by atoms with Crippen molar-refractivity contribution in [2.24, 2.45) is 0 Å². The van der Waals surface area contributed by atoms with Gasteiger partial charge in [-0.1, -0.05) is 121 Å². The minimum Gasteiger partial charge on any atom is -0.441 e. The molecular formula is C33H31NO3. The topological polar surface area (TPSA) is 38.8 Å². The van der Waals surface area contributed by atoms with Crippen LogP contribution in [0.1, 0.15) is 48.2 Å². The maximum atomic E-state index is 13.6. The molecule has 0 saturated carbocycles. The molecule has 0 radical (unpaired) electrons. The molecule has 2 atom stereocenters. The van der Waals surface area contributed by atoms with E-state index in [1.807, 2.05) is 141 Å². The summed E-state index contributed by atoms with van der Waals surface area (Å²) < 4.78 is 12.6. The summed E-state index contributed by atoms with van der Waals surface area (Å²) in [5.41, 5.74) is 4.00. The van der Waals surface area contributed by atoms with E-state index in [4.69, 9.17) is 9.47 Å². The zero-order valence-electron chi connectivity index (χ0n) is 21.2. The third-order valence-corrected chi connectivity index (χ3v) is 6.60. The molecule has 1 aliphatic heterocycles. The number of hydrogen-bond donors (Lipinski definition) is 0. The van der Waals surface area contributed by atoms with E-state index in [0.29, 0.717) is 6.61 Å². The van der Waals surface area contributed by atoms with Gasteiger partial charge in [0.2, 0.25) is 0 Å². The molecular weight excluding hydrogens is 458 g/mol. The summed E-state index contributed by atoms with van der Waals surface area (Å²) in [6.07, 6.45) is 1.15. The van der Waals surface area contributed by atoms with Crippen molar-refractivity contribution < 1.29 is 14.3 Å². The normalized spacial score (nSPS) is 17.9. The Hall–Kier alpha value is -4.15. The summed E-state index contributed by atoms with van der Waals surface area (Å²) in [4.78, 5) is 15.4. The van der Waals surface area contributed by atoms with Crippen LogP contribution < -0.4 is 0 Å². The number of carbonyl (C=O) groups is 1. The maximum absolute atomic E-state index is 13.6. The molecule has 0 N–H and O–H groups in total. The lowest BCUT2D eigenvalue weighted by molar-refractivity contribution is 0.0443. The third-order valence-electron chi connectivity index (χ3n) is 6.60. The Bertz CT molecular complexity index is 1340. The van der Waals surface area contributed by atoms with Crippen molar-refractivity contribution >= 4 is 12.2 Å². The minimum atomic E-state index is -0.741. The molecule has 1 saturated heterocycles. The minimum absolute atomic E-state index is 0.331. The van der Waals surface area contributed by atoms with Crippen molar-refractivity contribution in [1.29, 1.82) is 0 Å². The molecule has 0 unspecified atom stereocenters. The first-order valence-corrected chi connectivity index (χ1v) is 12.6. The van der Waals surface area contributed by atoms with Gasteiger partial charge in [0, 0.05) is 0 Å². The number of benzene rings is 4. The molecule has 0 spiro atoms. The Balaban J connectivity index is 1.65. The Labute approximate surface area is 218 Å². The summed E-state index contributed by atoms with van der Waals surface area (Å²) in [7, 11) is 0. The lowest BCUT2D eigenvalue weighted by Gasteiger charge is -2.34. The van der Waals surface area contributed by atoms with Crippen molar-refractivity contribution in [1.82, 2.24) is 4.90 Å². The molecule has 0 bridgehead atoms. The Morgan fingerprint density at radius 3 is 2.00 bits per heavy atom. The van der Waals surface area contributed by atoms with Crippen LogP contribution in [0.3, 0.4) is 0 Å². The highest BCUT2D eigenvalue weighted by Crippen LogP contribution is 2.46. The van der Waals surface area contributed by atoms with Crippen LogP contribution in [0.15, 0.2) is 127 Å². The number of rotatable bonds is 8. The fourth-order valence-electron chi connectivity index (χ4n) is 4.91. The smallest absolute Gasteiger partial charge is 0.415 e. The Morgan fingerprint density at radius 1 is 0.838 bits per heavy atom. The van der Waals surface area contributed by atoms with Gasteiger partial charge in [0.1, 0.15) is 17.7 Å². The van der Waals surface area contributed by atoms with E-state index in [-0.39, 0.29) is 12.1 Å². The standard InChI is InChI=1S/C33H31NO3/c1-33(2)31(28-21-13-6-14-22-28)34(32(35)37-33)29(23-25-15-7-3-8-16-25)30(27-19-11-5-12-20-27)36-24-26-17-9-4-10-18-26/h3-23,30-31H,24H2,1-2H3/b29-23-/t30-,31+/m1/s1. The van der Waals surface area contributed by atoms with Gasteiger partial charge in [-0.3, -0.25) is 4.90 Å². The van der Waals surface area contributed by atoms with E-state index < -0.39 is 11.7 Å². The number of ether oxygens (including phenoxy) is 2. The van der Waals surface area contributed by atoms with Gasteiger partial charge in [-0.2, -0.15) is 0 Å².